The molecule has 15 aromatic rings. The van der Waals surface area contributed by atoms with Crippen LogP contribution in [0.15, 0.2) is 182 Å². The van der Waals surface area contributed by atoms with Gasteiger partial charge in [0, 0.05) is 68.0 Å². The van der Waals surface area contributed by atoms with Crippen LogP contribution < -0.4 is 5.56 Å². The summed E-state index contributed by atoms with van der Waals surface area (Å²) >= 11 is 0. The van der Waals surface area contributed by atoms with E-state index >= 15 is 0 Å². The van der Waals surface area contributed by atoms with E-state index in [0.717, 1.165) is 123 Å². The third-order valence-corrected chi connectivity index (χ3v) is 25.6. The van der Waals surface area contributed by atoms with Crippen LogP contribution in [0, 0.1) is 105 Å². The molecular weight excluding hydrogens is 1920 g/mol. The molecule has 20 rings (SSSR count). The highest BCUT2D eigenvalue weighted by Crippen LogP contribution is 2.37. The number of ether oxygens (including phenoxy) is 5. The number of hydrogen-bond acceptors (Lipinski definition) is 33. The molecule has 41 heteroatoms. The minimum Gasteiger partial charge on any atom is -0.394 e. The summed E-state index contributed by atoms with van der Waals surface area (Å²) in [5.74, 6) is 27.4. The number of aliphatic hydroxyl groups is 20. The standard InChI is InChI=1S/C23H24N2O5.C22H23N3O5.C21H18F2N2O5.C21H21N3O5.C20H19N3O6/c1-12-3-4-13(2)17(7-12)15-8-14(20-16(9-15)10-24-25-20)5-6-18-21(27)23(29)22(28)19(11-26)30-18;1-11-5-14(6-12(2)24-11)15-7-13(19-16(8-15)9-23-25-19)3-4-17-20(27)22(29)21(28)18(10-26)30-17;22-13-2-3-15(23)14(7-13)11-5-10(18-12(6-11)8-24-25-18)1-4-16-19(27)21(29)20(28)17(9-26)30-16;1-11-6-12(4-5-22-11)14-7-13(18-15(8-14)9-23-24-18)2-3-16-19(26)21(28)20(27)17(10-25)29-16;24-9-15-19(27)20(28)18(26)14(29-15)2-1-11-5-12(6-13-8-22-23-17(11)13)10-3-4-21-16(25)7-10/h3-4,7-10,18-19,21-23,26-29H,11H2,1-2H3,(H,24,25);5-9,17-18,20-22,26-29H,10H2,1-2H3,(H,23,25);2-3,5-8,16-17,19-21,26-29H,9H2,(H,24,25);4-9,16-17,19-21,25-28H,10H2,1H3,(H,23,24);3-8,14-15,18-20,24,26-28H,9H2,(H,21,25)(H,22,23)/t18-,19-,21-,22-,23-;17-,18-,20-,21-,22-;2*16-,17-,19-,20-,21-;14-,15-,18-,19-,20-/m11111/s1. The number of fused-ring (bicyclic) bond motifs is 5. The largest absolute Gasteiger partial charge is 0.394 e. The lowest BCUT2D eigenvalue weighted by Gasteiger charge is -2.37. The number of nitrogens with zero attached hydrogens (tertiary/aromatic N) is 7. The number of benzene rings is 7. The van der Waals surface area contributed by atoms with Crippen molar-refractivity contribution in [3.63, 3.8) is 0 Å². The van der Waals surface area contributed by atoms with E-state index in [9.17, 15) is 116 Å². The van der Waals surface area contributed by atoms with Gasteiger partial charge in [0.2, 0.25) is 5.56 Å². The Balaban J connectivity index is 0.000000132. The van der Waals surface area contributed by atoms with E-state index in [1.165, 1.54) is 18.3 Å². The van der Waals surface area contributed by atoms with Crippen molar-refractivity contribution in [1.82, 2.24) is 65.9 Å². The SMILES string of the molecule is Cc1cc(-c2cc(C#C[C@H]3O[C@H](CO)[C@@H](O)[C@H](O)[C@@H]3O)c3[nH]ncc3c2)cc(C)n1.Cc1cc(-c2cc(C#C[C@H]3O[C@H](CO)[C@@H](O)[C@H](O)[C@@H]3O)c3[nH]ncc3c2)ccn1.Cc1ccc(C)c(-c2cc(C#C[C@H]3O[C@H](CO)[C@@H](O)[C@H](O)[C@@H]3O)c3[nH]ncc3c2)c1.O=c1cc(-c2cc(C#C[C@H]3O[C@H](CO)[C@@H](O)[C@H](O)[C@@H]3O)c3[nH]ncc3c2)cc[nH]1.OC[C@H]1O[C@H](C#Cc2cc(-c3cc(F)ccc3F)cc3cn[nH]c23)[C@@H](O)[C@@H](O)[C@@H]1O. The van der Waals surface area contributed by atoms with E-state index in [0.29, 0.717) is 55.4 Å². The normalized spacial score (nSPS) is 26.6. The zero-order chi connectivity index (χ0) is 105. The molecule has 7 aromatic carbocycles. The third kappa shape index (κ3) is 23.6. The zero-order valence-corrected chi connectivity index (χ0v) is 79.5. The van der Waals surface area contributed by atoms with Gasteiger partial charge in [0.1, 0.15) is 164 Å². The predicted octanol–water partition coefficient (Wildman–Crippen LogP) is 1.42. The summed E-state index contributed by atoms with van der Waals surface area (Å²) in [4.78, 5) is 22.8. The van der Waals surface area contributed by atoms with Crippen LogP contribution in [0.3, 0.4) is 0 Å². The van der Waals surface area contributed by atoms with E-state index in [1.54, 1.807) is 55.4 Å². The molecule has 0 amide bonds. The molecule has 0 aliphatic carbocycles. The van der Waals surface area contributed by atoms with Crippen molar-refractivity contribution in [3.8, 4) is 115 Å². The van der Waals surface area contributed by atoms with Crippen LogP contribution in [0.1, 0.15) is 56.0 Å². The number of aliphatic hydroxyl groups excluding tert-OH is 20. The monoisotopic (exact) mass is 2030 g/mol. The van der Waals surface area contributed by atoms with Gasteiger partial charge >= 0.3 is 0 Å². The Morgan fingerprint density at radius 3 is 0.926 bits per heavy atom. The van der Waals surface area contributed by atoms with Crippen molar-refractivity contribution in [2.24, 2.45) is 0 Å². The van der Waals surface area contributed by atoms with Gasteiger partial charge in [0.25, 0.3) is 0 Å². The number of rotatable bonds is 10. The van der Waals surface area contributed by atoms with Gasteiger partial charge in [-0.1, -0.05) is 83.0 Å². The second-order valence-electron chi connectivity index (χ2n) is 36.1. The zero-order valence-electron chi connectivity index (χ0n) is 79.5. The average molecular weight is 2030 g/mol. The lowest BCUT2D eigenvalue weighted by molar-refractivity contribution is -0.214. The summed E-state index contributed by atoms with van der Waals surface area (Å²) < 4.78 is 55.1. The van der Waals surface area contributed by atoms with Crippen molar-refractivity contribution in [1.29, 1.82) is 0 Å². The predicted molar refractivity (Wildman–Crippen MR) is 531 cm³/mol. The molecule has 8 aromatic heterocycles. The van der Waals surface area contributed by atoms with Crippen LogP contribution in [0.25, 0.3) is 110 Å². The summed E-state index contributed by atoms with van der Waals surface area (Å²) in [6.07, 6.45) is -20.7. The maximum Gasteiger partial charge on any atom is 0.248 e. The minimum atomic E-state index is -1.55. The van der Waals surface area contributed by atoms with Gasteiger partial charge < -0.3 is 131 Å². The molecule has 0 saturated carbocycles. The number of pyridine rings is 3. The molecule has 5 aliphatic rings. The molecule has 0 bridgehead atoms. The van der Waals surface area contributed by atoms with Gasteiger partial charge in [-0.2, -0.15) is 25.5 Å². The van der Waals surface area contributed by atoms with Gasteiger partial charge in [-0.3, -0.25) is 40.3 Å². The first-order valence-electron chi connectivity index (χ1n) is 46.7. The minimum absolute atomic E-state index is 0.0500. The molecule has 5 fully saturated rings. The van der Waals surface area contributed by atoms with Crippen molar-refractivity contribution in [2.45, 2.75) is 187 Å². The highest BCUT2D eigenvalue weighted by Gasteiger charge is 2.48. The van der Waals surface area contributed by atoms with Crippen LogP contribution >= 0.6 is 0 Å². The smallest absolute Gasteiger partial charge is 0.248 e. The van der Waals surface area contributed by atoms with Crippen LogP contribution in [0.2, 0.25) is 0 Å². The van der Waals surface area contributed by atoms with Crippen LogP contribution in [0.4, 0.5) is 8.78 Å². The Morgan fingerprint density at radius 2 is 0.601 bits per heavy atom. The van der Waals surface area contributed by atoms with Gasteiger partial charge in [0.05, 0.1) is 119 Å². The summed E-state index contributed by atoms with van der Waals surface area (Å²) in [6.45, 7) is 7.31. The summed E-state index contributed by atoms with van der Waals surface area (Å²) in [5.41, 5.74) is 18.9. The average Bonchev–Trinajstić information content (AvgIpc) is 1.62. The van der Waals surface area contributed by atoms with E-state index in [2.05, 4.69) is 143 Å². The quantitative estimate of drug-likeness (QED) is 0.0861. The number of halogens is 2. The fourth-order valence-corrected chi connectivity index (χ4v) is 17.6. The maximum atomic E-state index is 14.2. The number of aromatic nitrogens is 13. The Labute approximate surface area is 840 Å². The van der Waals surface area contributed by atoms with Gasteiger partial charge in [-0.25, -0.2) is 8.78 Å². The second kappa shape index (κ2) is 46.9. The molecular formula is C107H105F2N13O26. The van der Waals surface area contributed by atoms with Crippen molar-refractivity contribution < 1.29 is 135 Å². The first-order valence-corrected chi connectivity index (χ1v) is 46.7. The molecule has 5 saturated heterocycles. The molecule has 0 unspecified atom stereocenters. The van der Waals surface area contributed by atoms with Crippen LogP contribution in [-0.4, -0.2) is 354 Å². The van der Waals surface area contributed by atoms with Gasteiger partial charge in [-0.05, 0) is 199 Å². The number of hydrogen-bond donors (Lipinski definition) is 26. The van der Waals surface area contributed by atoms with Crippen LogP contribution in [-0.2, 0) is 23.7 Å². The van der Waals surface area contributed by atoms with E-state index < -0.39 is 197 Å². The number of nitrogens with one attached hydrogen (secondary N) is 6. The van der Waals surface area contributed by atoms with Crippen molar-refractivity contribution >= 4 is 54.5 Å². The highest BCUT2D eigenvalue weighted by molar-refractivity contribution is 5.94. The molecule has 768 valence electrons. The summed E-state index contributed by atoms with van der Waals surface area (Å²) in [5, 5.41) is 235. The fraction of sp³-hybridized carbons (Fsp3) is 0.327. The van der Waals surface area contributed by atoms with Gasteiger partial charge in [0.15, 0.2) is 0 Å². The Morgan fingerprint density at radius 1 is 0.304 bits per heavy atom. The van der Waals surface area contributed by atoms with Gasteiger partial charge in [-0.15, -0.1) is 0 Å². The lowest BCUT2D eigenvalue weighted by atomic mass is 9.94. The van der Waals surface area contributed by atoms with E-state index in [-0.39, 0.29) is 11.1 Å². The number of aryl methyl sites for hydroxylation is 5. The first kappa shape index (κ1) is 107. The maximum absolute atomic E-state index is 14.2. The molecule has 5 aliphatic heterocycles. The summed E-state index contributed by atoms with van der Waals surface area (Å²) in [7, 11) is 0. The number of aromatic amines is 6. The number of H-pyrrole nitrogens is 6. The summed E-state index contributed by atoms with van der Waals surface area (Å²) in [6, 6.07) is 39.1. The first-order chi connectivity index (χ1) is 71.1. The molecule has 0 spiro atoms. The molecule has 39 nitrogen and oxygen atoms in total. The highest BCUT2D eigenvalue weighted by atomic mass is 19.1. The Bertz CT molecular complexity index is 7500. The topological polar surface area (TPSA) is 653 Å². The molecule has 26 N–H and O–H groups in total. The third-order valence-electron chi connectivity index (χ3n) is 25.6. The molecule has 13 heterocycles. The molecule has 148 heavy (non-hydrogen) atoms. The van der Waals surface area contributed by atoms with Crippen LogP contribution in [0.5, 0.6) is 0 Å². The Hall–Kier alpha value is -14.2. The fourth-order valence-electron chi connectivity index (χ4n) is 17.6. The molecule has 25 atom stereocenters. The Kier molecular flexibility index (Phi) is 33.8. The van der Waals surface area contributed by atoms with Crippen molar-refractivity contribution in [3.05, 3.63) is 255 Å². The molecule has 0 radical (unpaired) electrons. The second-order valence-corrected chi connectivity index (χ2v) is 36.1. The van der Waals surface area contributed by atoms with Crippen molar-refractivity contribution in [2.75, 3.05) is 33.0 Å². The van der Waals surface area contributed by atoms with E-state index in [1.807, 2.05) is 101 Å². The lowest BCUT2D eigenvalue weighted by Crippen LogP contribution is -2.58. The van der Waals surface area contributed by atoms with E-state index in [4.69, 9.17) is 23.7 Å².